The monoisotopic (exact) mass is 284 g/mol. The molecular weight excluding hydrogens is 260 g/mol. The van der Waals surface area contributed by atoms with Gasteiger partial charge >= 0.3 is 0 Å². The van der Waals surface area contributed by atoms with Crippen molar-refractivity contribution in [1.82, 2.24) is 20.7 Å². The molecule has 1 aliphatic carbocycles. The second kappa shape index (κ2) is 6.39. The molecule has 3 atom stereocenters. The lowest BCUT2D eigenvalue weighted by Gasteiger charge is -2.32. The first-order valence-corrected chi connectivity index (χ1v) is 7.92. The van der Waals surface area contributed by atoms with Crippen LogP contribution >= 0.6 is 0 Å². The van der Waals surface area contributed by atoms with Gasteiger partial charge in [-0.25, -0.2) is 0 Å². The molecule has 1 aromatic carbocycles. The summed E-state index contributed by atoms with van der Waals surface area (Å²) in [5.41, 5.74) is 3.08. The summed E-state index contributed by atoms with van der Waals surface area (Å²) in [6.45, 7) is 5.52. The van der Waals surface area contributed by atoms with Gasteiger partial charge in [0.25, 0.3) is 0 Å². The minimum atomic E-state index is 0.608. The highest BCUT2D eigenvalue weighted by atomic mass is 15.3. The van der Waals surface area contributed by atoms with Crippen LogP contribution in [0.1, 0.15) is 38.8 Å². The average molecular weight is 284 g/mol. The van der Waals surface area contributed by atoms with Crippen LogP contribution in [0.2, 0.25) is 0 Å². The maximum Gasteiger partial charge on any atom is 0.117 e. The molecule has 0 bridgehead atoms. The molecule has 3 rings (SSSR count). The molecule has 1 aromatic heterocycles. The third-order valence-electron chi connectivity index (χ3n) is 4.82. The molecule has 1 saturated carbocycles. The summed E-state index contributed by atoms with van der Waals surface area (Å²) < 4.78 is 0. The molecule has 1 fully saturated rings. The van der Waals surface area contributed by atoms with Crippen LogP contribution in [0.5, 0.6) is 0 Å². The zero-order valence-corrected chi connectivity index (χ0v) is 12.8. The Hall–Kier alpha value is -1.68. The summed E-state index contributed by atoms with van der Waals surface area (Å²) in [6, 6.07) is 10.8. The smallest absolute Gasteiger partial charge is 0.117 e. The molecule has 4 heteroatoms. The molecule has 0 saturated heterocycles. The Morgan fingerprint density at radius 1 is 1.10 bits per heavy atom. The van der Waals surface area contributed by atoms with E-state index < -0.39 is 0 Å². The number of hydrogen-bond acceptors (Lipinski definition) is 3. The molecule has 0 spiro atoms. The SMILES string of the molecule is CC1CCC(NCc2n[nH]nc2-c2ccccc2)CC1C. The predicted octanol–water partition coefficient (Wildman–Crippen LogP) is 3.39. The second-order valence-corrected chi connectivity index (χ2v) is 6.33. The number of nitrogens with one attached hydrogen (secondary N) is 2. The van der Waals surface area contributed by atoms with Gasteiger partial charge in [-0.3, -0.25) is 0 Å². The molecule has 0 aliphatic heterocycles. The van der Waals surface area contributed by atoms with E-state index in [0.29, 0.717) is 6.04 Å². The van der Waals surface area contributed by atoms with Crippen LogP contribution in [0.3, 0.4) is 0 Å². The van der Waals surface area contributed by atoms with E-state index in [2.05, 4.69) is 46.7 Å². The zero-order valence-electron chi connectivity index (χ0n) is 12.8. The summed E-state index contributed by atoms with van der Waals surface area (Å²) in [5.74, 6) is 1.66. The van der Waals surface area contributed by atoms with Crippen molar-refractivity contribution >= 4 is 0 Å². The Balaban J connectivity index is 1.63. The summed E-state index contributed by atoms with van der Waals surface area (Å²) in [6.07, 6.45) is 3.85. The van der Waals surface area contributed by atoms with E-state index >= 15 is 0 Å². The normalized spacial score (nSPS) is 25.9. The number of hydrogen-bond donors (Lipinski definition) is 2. The zero-order chi connectivity index (χ0) is 14.7. The van der Waals surface area contributed by atoms with Gasteiger partial charge in [-0.05, 0) is 31.1 Å². The maximum absolute atomic E-state index is 4.31. The molecule has 0 amide bonds. The molecule has 3 unspecified atom stereocenters. The van der Waals surface area contributed by atoms with Gasteiger partial charge in [0, 0.05) is 18.2 Å². The molecule has 0 radical (unpaired) electrons. The van der Waals surface area contributed by atoms with Crippen LogP contribution in [0.15, 0.2) is 30.3 Å². The van der Waals surface area contributed by atoms with E-state index in [9.17, 15) is 0 Å². The van der Waals surface area contributed by atoms with Crippen molar-refractivity contribution < 1.29 is 0 Å². The molecule has 2 N–H and O–H groups in total. The Morgan fingerprint density at radius 3 is 2.67 bits per heavy atom. The van der Waals surface area contributed by atoms with Crippen LogP contribution < -0.4 is 5.32 Å². The third-order valence-corrected chi connectivity index (χ3v) is 4.82. The minimum Gasteiger partial charge on any atom is -0.308 e. The fourth-order valence-corrected chi connectivity index (χ4v) is 3.18. The van der Waals surface area contributed by atoms with Gasteiger partial charge in [0.15, 0.2) is 0 Å². The number of nitrogens with zero attached hydrogens (tertiary/aromatic N) is 2. The van der Waals surface area contributed by atoms with Gasteiger partial charge in [0.1, 0.15) is 11.4 Å². The van der Waals surface area contributed by atoms with Crippen LogP contribution in [0.25, 0.3) is 11.3 Å². The highest BCUT2D eigenvalue weighted by Gasteiger charge is 2.24. The van der Waals surface area contributed by atoms with Crippen molar-refractivity contribution in [2.75, 3.05) is 0 Å². The van der Waals surface area contributed by atoms with E-state index in [1.54, 1.807) is 0 Å². The first-order valence-electron chi connectivity index (χ1n) is 7.92. The van der Waals surface area contributed by atoms with E-state index in [1.807, 2.05) is 18.2 Å². The van der Waals surface area contributed by atoms with Crippen molar-refractivity contribution in [2.24, 2.45) is 11.8 Å². The molecule has 112 valence electrons. The van der Waals surface area contributed by atoms with Crippen molar-refractivity contribution in [2.45, 2.75) is 45.7 Å². The lowest BCUT2D eigenvalue weighted by Crippen LogP contribution is -2.35. The number of H-pyrrole nitrogens is 1. The topological polar surface area (TPSA) is 53.6 Å². The fraction of sp³-hybridized carbons (Fsp3) is 0.529. The first-order chi connectivity index (χ1) is 10.2. The Morgan fingerprint density at radius 2 is 1.90 bits per heavy atom. The fourth-order valence-electron chi connectivity index (χ4n) is 3.18. The lowest BCUT2D eigenvalue weighted by molar-refractivity contribution is 0.225. The van der Waals surface area contributed by atoms with Gasteiger partial charge in [-0.15, -0.1) is 0 Å². The van der Waals surface area contributed by atoms with Gasteiger partial charge in [0.05, 0.1) is 0 Å². The van der Waals surface area contributed by atoms with Crippen LogP contribution in [0.4, 0.5) is 0 Å². The van der Waals surface area contributed by atoms with Crippen molar-refractivity contribution in [1.29, 1.82) is 0 Å². The summed E-state index contributed by atoms with van der Waals surface area (Å²) in [5, 5.41) is 15.0. The molecular formula is C17H24N4. The van der Waals surface area contributed by atoms with Gasteiger partial charge in [0.2, 0.25) is 0 Å². The molecule has 21 heavy (non-hydrogen) atoms. The summed E-state index contributed by atoms with van der Waals surface area (Å²) >= 11 is 0. The highest BCUT2D eigenvalue weighted by Crippen LogP contribution is 2.29. The van der Waals surface area contributed by atoms with E-state index in [0.717, 1.165) is 35.3 Å². The average Bonchev–Trinajstić information content (AvgIpc) is 2.98. The minimum absolute atomic E-state index is 0.608. The van der Waals surface area contributed by atoms with Crippen molar-refractivity contribution in [3.05, 3.63) is 36.0 Å². The Labute approximate surface area is 126 Å². The van der Waals surface area contributed by atoms with Crippen LogP contribution in [-0.2, 0) is 6.54 Å². The highest BCUT2D eigenvalue weighted by molar-refractivity contribution is 5.60. The largest absolute Gasteiger partial charge is 0.308 e. The molecule has 4 nitrogen and oxygen atoms in total. The van der Waals surface area contributed by atoms with E-state index in [1.165, 1.54) is 19.3 Å². The van der Waals surface area contributed by atoms with Crippen LogP contribution in [0, 0.1) is 11.8 Å². The Kier molecular flexibility index (Phi) is 4.34. The standard InChI is InChI=1S/C17H24N4/c1-12-8-9-15(10-13(12)2)18-11-16-17(20-21-19-16)14-6-4-3-5-7-14/h3-7,12-13,15,18H,8-11H2,1-2H3,(H,19,20,21). The predicted molar refractivity (Wildman–Crippen MR) is 84.6 cm³/mol. The van der Waals surface area contributed by atoms with Gasteiger partial charge in [-0.2, -0.15) is 15.4 Å². The summed E-state index contributed by atoms with van der Waals surface area (Å²) in [7, 11) is 0. The number of rotatable bonds is 4. The number of aromatic amines is 1. The lowest BCUT2D eigenvalue weighted by atomic mass is 9.79. The van der Waals surface area contributed by atoms with Crippen molar-refractivity contribution in [3.8, 4) is 11.3 Å². The van der Waals surface area contributed by atoms with Crippen molar-refractivity contribution in [3.63, 3.8) is 0 Å². The quantitative estimate of drug-likeness (QED) is 0.905. The number of aromatic nitrogens is 3. The molecule has 1 heterocycles. The van der Waals surface area contributed by atoms with Gasteiger partial charge in [-0.1, -0.05) is 44.2 Å². The first kappa shape index (κ1) is 14.3. The van der Waals surface area contributed by atoms with E-state index in [-0.39, 0.29) is 0 Å². The third kappa shape index (κ3) is 3.32. The Bertz CT molecular complexity index is 563. The maximum atomic E-state index is 4.31. The van der Waals surface area contributed by atoms with E-state index in [4.69, 9.17) is 0 Å². The molecule has 1 aliphatic rings. The van der Waals surface area contributed by atoms with Gasteiger partial charge < -0.3 is 5.32 Å². The van der Waals surface area contributed by atoms with Crippen LogP contribution in [-0.4, -0.2) is 21.5 Å². The second-order valence-electron chi connectivity index (χ2n) is 6.33. The molecule has 2 aromatic rings. The summed E-state index contributed by atoms with van der Waals surface area (Å²) in [4.78, 5) is 0. The number of benzene rings is 1.